The van der Waals surface area contributed by atoms with E-state index >= 15 is 0 Å². The standard InChI is InChI=1S/C31H26Cl2N6O4S/c1-18-5-3-4-6-27(18)44(40,41)39-16-25(28-29(32)37-31(33)38-30(28)39)21-7-8-26-22(10-21)11-24(15-36-26)43-19(2)17-42-23-9-20(12-34)13-35-14-23/h3-11,13-16,19H,12,17,34H2,1-2H3. The Kier molecular flexibility index (Phi) is 8.12. The van der Waals surface area contributed by atoms with Crippen LogP contribution in [0.3, 0.4) is 0 Å². The first-order valence-corrected chi connectivity index (χ1v) is 15.7. The maximum Gasteiger partial charge on any atom is 0.269 e. The van der Waals surface area contributed by atoms with Crippen molar-refractivity contribution in [3.8, 4) is 22.6 Å². The highest BCUT2D eigenvalue weighted by Gasteiger charge is 2.26. The molecule has 0 aliphatic rings. The molecule has 1 unspecified atom stereocenters. The van der Waals surface area contributed by atoms with Gasteiger partial charge in [-0.2, -0.15) is 4.98 Å². The number of pyridine rings is 2. The second kappa shape index (κ2) is 12.0. The van der Waals surface area contributed by atoms with E-state index in [0.717, 1.165) is 20.4 Å². The van der Waals surface area contributed by atoms with Gasteiger partial charge in [0.05, 0.1) is 28.2 Å². The van der Waals surface area contributed by atoms with Gasteiger partial charge < -0.3 is 15.2 Å². The zero-order valence-corrected chi connectivity index (χ0v) is 25.9. The van der Waals surface area contributed by atoms with Crippen molar-refractivity contribution >= 4 is 55.2 Å². The number of nitrogens with two attached hydrogens (primary N) is 1. The highest BCUT2D eigenvalue weighted by atomic mass is 35.5. The van der Waals surface area contributed by atoms with Crippen molar-refractivity contribution in [3.63, 3.8) is 0 Å². The van der Waals surface area contributed by atoms with Gasteiger partial charge in [-0.3, -0.25) is 9.97 Å². The molecular weight excluding hydrogens is 623 g/mol. The number of halogens is 2. The van der Waals surface area contributed by atoms with Crippen molar-refractivity contribution in [2.24, 2.45) is 5.73 Å². The Morgan fingerprint density at radius 1 is 1.00 bits per heavy atom. The van der Waals surface area contributed by atoms with Gasteiger partial charge >= 0.3 is 0 Å². The monoisotopic (exact) mass is 648 g/mol. The fraction of sp³-hybridized carbons (Fsp3) is 0.161. The molecule has 4 aromatic heterocycles. The molecule has 0 aliphatic heterocycles. The molecule has 4 heterocycles. The summed E-state index contributed by atoms with van der Waals surface area (Å²) >= 11 is 12.7. The summed E-state index contributed by atoms with van der Waals surface area (Å²) in [4.78, 5) is 17.2. The molecule has 13 heteroatoms. The molecule has 2 N–H and O–H groups in total. The third-order valence-corrected chi connectivity index (χ3v) is 9.22. The first-order chi connectivity index (χ1) is 21.1. The molecule has 0 saturated carbocycles. The number of hydrogen-bond acceptors (Lipinski definition) is 9. The summed E-state index contributed by atoms with van der Waals surface area (Å²) in [7, 11) is -4.05. The van der Waals surface area contributed by atoms with Gasteiger partial charge in [-0.25, -0.2) is 17.4 Å². The van der Waals surface area contributed by atoms with Crippen molar-refractivity contribution in [2.45, 2.75) is 31.4 Å². The minimum Gasteiger partial charge on any atom is -0.488 e. The van der Waals surface area contributed by atoms with E-state index in [2.05, 4.69) is 19.9 Å². The van der Waals surface area contributed by atoms with E-state index in [1.54, 1.807) is 49.8 Å². The van der Waals surface area contributed by atoms with E-state index in [4.69, 9.17) is 38.4 Å². The van der Waals surface area contributed by atoms with Crippen LogP contribution in [0.1, 0.15) is 18.1 Å². The van der Waals surface area contributed by atoms with Crippen LogP contribution in [0.2, 0.25) is 10.4 Å². The number of nitrogens with zero attached hydrogens (tertiary/aromatic N) is 5. The van der Waals surface area contributed by atoms with E-state index < -0.39 is 10.0 Å². The summed E-state index contributed by atoms with van der Waals surface area (Å²) in [6.45, 7) is 4.27. The van der Waals surface area contributed by atoms with Crippen LogP contribution in [0.5, 0.6) is 11.5 Å². The normalized spacial score (nSPS) is 12.5. The number of aromatic nitrogens is 5. The number of aryl methyl sites for hydroxylation is 1. The zero-order valence-electron chi connectivity index (χ0n) is 23.6. The smallest absolute Gasteiger partial charge is 0.269 e. The Balaban J connectivity index is 1.35. The van der Waals surface area contributed by atoms with E-state index in [9.17, 15) is 8.42 Å². The molecule has 0 amide bonds. The largest absolute Gasteiger partial charge is 0.488 e. The highest BCUT2D eigenvalue weighted by Crippen LogP contribution is 2.38. The summed E-state index contributed by atoms with van der Waals surface area (Å²) in [6, 6.07) is 16.0. The van der Waals surface area contributed by atoms with E-state index in [0.29, 0.717) is 40.1 Å². The molecule has 0 spiro atoms. The minimum absolute atomic E-state index is 0.0325. The Bertz CT molecular complexity index is 2140. The number of fused-ring (bicyclic) bond motifs is 2. The van der Waals surface area contributed by atoms with E-state index in [1.807, 2.05) is 37.3 Å². The van der Waals surface area contributed by atoms with Crippen LogP contribution in [0.4, 0.5) is 0 Å². The summed E-state index contributed by atoms with van der Waals surface area (Å²) in [6.07, 6.45) is 6.15. The molecule has 6 rings (SSSR count). The predicted octanol–water partition coefficient (Wildman–Crippen LogP) is 6.20. The van der Waals surface area contributed by atoms with Crippen LogP contribution in [-0.2, 0) is 16.6 Å². The first kappa shape index (κ1) is 29.8. The summed E-state index contributed by atoms with van der Waals surface area (Å²) < 4.78 is 40.7. The molecule has 0 radical (unpaired) electrons. The van der Waals surface area contributed by atoms with Gasteiger partial charge in [0, 0.05) is 29.9 Å². The maximum absolute atomic E-state index is 13.8. The molecule has 2 aromatic carbocycles. The third-order valence-electron chi connectivity index (χ3n) is 6.97. The van der Waals surface area contributed by atoms with Crippen molar-refractivity contribution in [3.05, 3.63) is 101 Å². The van der Waals surface area contributed by atoms with Gasteiger partial charge in [0.25, 0.3) is 10.0 Å². The summed E-state index contributed by atoms with van der Waals surface area (Å²) in [5.74, 6) is 1.15. The molecule has 0 bridgehead atoms. The second-order valence-corrected chi connectivity index (χ2v) is 12.6. The van der Waals surface area contributed by atoms with Crippen LogP contribution in [-0.4, -0.2) is 45.0 Å². The zero-order chi connectivity index (χ0) is 31.0. The number of hydrogen-bond donors (Lipinski definition) is 1. The van der Waals surface area contributed by atoms with Crippen LogP contribution >= 0.6 is 23.2 Å². The average molecular weight is 650 g/mol. The van der Waals surface area contributed by atoms with Crippen LogP contribution in [0.15, 0.2) is 84.3 Å². The molecule has 224 valence electrons. The quantitative estimate of drug-likeness (QED) is 0.144. The van der Waals surface area contributed by atoms with Gasteiger partial charge in [-0.05, 0) is 72.5 Å². The van der Waals surface area contributed by atoms with Gasteiger partial charge in [-0.15, -0.1) is 0 Å². The van der Waals surface area contributed by atoms with E-state index in [1.165, 1.54) is 6.20 Å². The lowest BCUT2D eigenvalue weighted by Crippen LogP contribution is -2.21. The molecule has 44 heavy (non-hydrogen) atoms. The highest BCUT2D eigenvalue weighted by molar-refractivity contribution is 7.90. The van der Waals surface area contributed by atoms with Crippen LogP contribution in [0, 0.1) is 6.92 Å². The molecule has 6 aromatic rings. The summed E-state index contributed by atoms with van der Waals surface area (Å²) in [5, 5.41) is 0.984. The average Bonchev–Trinajstić information content (AvgIpc) is 3.40. The van der Waals surface area contributed by atoms with Crippen LogP contribution in [0.25, 0.3) is 33.1 Å². The number of ether oxygens (including phenoxy) is 2. The molecule has 10 nitrogen and oxygen atoms in total. The predicted molar refractivity (Wildman–Crippen MR) is 170 cm³/mol. The van der Waals surface area contributed by atoms with Crippen molar-refractivity contribution in [2.75, 3.05) is 6.61 Å². The number of benzene rings is 2. The van der Waals surface area contributed by atoms with Crippen molar-refractivity contribution in [1.82, 2.24) is 23.9 Å². The Morgan fingerprint density at radius 2 is 1.82 bits per heavy atom. The second-order valence-electron chi connectivity index (χ2n) is 10.1. The fourth-order valence-corrected chi connectivity index (χ4v) is 6.88. The maximum atomic E-state index is 13.8. The Hall–Kier alpha value is -4.29. The van der Waals surface area contributed by atoms with Gasteiger partial charge in [0.2, 0.25) is 5.28 Å². The van der Waals surface area contributed by atoms with Crippen LogP contribution < -0.4 is 15.2 Å². The SMILES string of the molecule is Cc1ccccc1S(=O)(=O)n1cc(-c2ccc3ncc(OC(C)COc4cncc(CN)c4)cc3c2)c2c(Cl)nc(Cl)nc21. The summed E-state index contributed by atoms with van der Waals surface area (Å²) in [5.41, 5.74) is 9.14. The lowest BCUT2D eigenvalue weighted by atomic mass is 10.0. The number of rotatable bonds is 9. The van der Waals surface area contributed by atoms with Gasteiger partial charge in [-0.1, -0.05) is 35.9 Å². The molecule has 0 saturated heterocycles. The molecule has 1 atom stereocenters. The van der Waals surface area contributed by atoms with E-state index in [-0.39, 0.29) is 33.7 Å². The Morgan fingerprint density at radius 3 is 2.61 bits per heavy atom. The minimum atomic E-state index is -4.05. The molecule has 0 fully saturated rings. The Labute approximate surface area is 263 Å². The van der Waals surface area contributed by atoms with Crippen molar-refractivity contribution < 1.29 is 17.9 Å². The topological polar surface area (TPSA) is 135 Å². The first-order valence-electron chi connectivity index (χ1n) is 13.5. The van der Waals surface area contributed by atoms with Crippen molar-refractivity contribution in [1.29, 1.82) is 0 Å². The molecular formula is C31H26Cl2N6O4S. The van der Waals surface area contributed by atoms with Gasteiger partial charge in [0.1, 0.15) is 29.4 Å². The fourth-order valence-electron chi connectivity index (χ4n) is 4.86. The lowest BCUT2D eigenvalue weighted by molar-refractivity contribution is 0.142. The third kappa shape index (κ3) is 5.79. The lowest BCUT2D eigenvalue weighted by Gasteiger charge is -2.16. The van der Waals surface area contributed by atoms with Gasteiger partial charge in [0.15, 0.2) is 5.65 Å². The molecule has 0 aliphatic carbocycles.